The first kappa shape index (κ1) is 16.9. The molecule has 0 bridgehead atoms. The van der Waals surface area contributed by atoms with E-state index in [1.54, 1.807) is 4.68 Å². The second-order valence-electron chi connectivity index (χ2n) is 7.10. The van der Waals surface area contributed by atoms with Gasteiger partial charge in [0.2, 0.25) is 0 Å². The van der Waals surface area contributed by atoms with Crippen LogP contribution in [0.25, 0.3) is 0 Å². The lowest BCUT2D eigenvalue weighted by atomic mass is 9.91. The van der Waals surface area contributed by atoms with Crippen LogP contribution in [-0.4, -0.2) is 35.4 Å². The molecule has 1 saturated heterocycles. The molecular weight excluding hydrogens is 330 g/mol. The van der Waals surface area contributed by atoms with Gasteiger partial charge in [-0.25, -0.2) is 4.68 Å². The molecule has 2 atom stereocenters. The predicted octanol–water partition coefficient (Wildman–Crippen LogP) is 1.60. The molecule has 0 spiro atoms. The molecule has 138 valence electrons. The summed E-state index contributed by atoms with van der Waals surface area (Å²) in [5, 5.41) is 8.16. The Morgan fingerprint density at radius 1 is 1.31 bits per heavy atom. The zero-order chi connectivity index (χ0) is 18.1. The van der Waals surface area contributed by atoms with Gasteiger partial charge in [0.25, 0.3) is 5.91 Å². The van der Waals surface area contributed by atoms with Crippen molar-refractivity contribution in [3.63, 3.8) is 0 Å². The maximum absolute atomic E-state index is 12.2. The Morgan fingerprint density at radius 2 is 2.15 bits per heavy atom. The Bertz CT molecular complexity index is 810. The smallest absolute Gasteiger partial charge is 0.254 e. The highest BCUT2D eigenvalue weighted by atomic mass is 16.5. The SMILES string of the molecule is NC(=O)c1c(C2CCOc3ccccc3C2)nn(C2CCCNC2)c1N. The number of hydrogen-bond donors (Lipinski definition) is 3. The normalized spacial score (nSPS) is 22.9. The van der Waals surface area contributed by atoms with Crippen molar-refractivity contribution >= 4 is 11.7 Å². The zero-order valence-corrected chi connectivity index (χ0v) is 14.8. The number of primary amides is 1. The van der Waals surface area contributed by atoms with Crippen LogP contribution < -0.4 is 21.5 Å². The second-order valence-corrected chi connectivity index (χ2v) is 7.10. The molecule has 4 rings (SSSR count). The van der Waals surface area contributed by atoms with Gasteiger partial charge in [0, 0.05) is 12.5 Å². The highest BCUT2D eigenvalue weighted by Crippen LogP contribution is 2.36. The van der Waals surface area contributed by atoms with Gasteiger partial charge in [-0.2, -0.15) is 5.10 Å². The number of fused-ring (bicyclic) bond motifs is 1. The summed E-state index contributed by atoms with van der Waals surface area (Å²) in [6.07, 6.45) is 3.59. The maximum Gasteiger partial charge on any atom is 0.254 e. The number of nitrogens with zero attached hydrogens (tertiary/aromatic N) is 2. The van der Waals surface area contributed by atoms with Crippen LogP contribution in [0.3, 0.4) is 0 Å². The summed E-state index contributed by atoms with van der Waals surface area (Å²) in [6, 6.07) is 8.16. The van der Waals surface area contributed by atoms with E-state index in [9.17, 15) is 4.79 Å². The fourth-order valence-electron chi connectivity index (χ4n) is 4.05. The quantitative estimate of drug-likeness (QED) is 0.775. The number of rotatable bonds is 3. The van der Waals surface area contributed by atoms with E-state index in [-0.39, 0.29) is 12.0 Å². The highest BCUT2D eigenvalue weighted by molar-refractivity contribution is 5.98. The summed E-state index contributed by atoms with van der Waals surface area (Å²) in [7, 11) is 0. The van der Waals surface area contributed by atoms with Gasteiger partial charge >= 0.3 is 0 Å². The highest BCUT2D eigenvalue weighted by Gasteiger charge is 2.31. The number of amides is 1. The first-order valence-electron chi connectivity index (χ1n) is 9.24. The van der Waals surface area contributed by atoms with Crippen LogP contribution in [0.5, 0.6) is 5.75 Å². The van der Waals surface area contributed by atoms with Crippen LogP contribution in [0.15, 0.2) is 24.3 Å². The average Bonchev–Trinajstić information content (AvgIpc) is 2.85. The molecule has 7 nitrogen and oxygen atoms in total. The maximum atomic E-state index is 12.2. The largest absolute Gasteiger partial charge is 0.493 e. The van der Waals surface area contributed by atoms with Crippen molar-refractivity contribution in [3.8, 4) is 5.75 Å². The molecule has 1 fully saturated rings. The number of carbonyl (C=O) groups is 1. The van der Waals surface area contributed by atoms with E-state index in [1.807, 2.05) is 18.2 Å². The molecule has 26 heavy (non-hydrogen) atoms. The third kappa shape index (κ3) is 3.03. The van der Waals surface area contributed by atoms with Gasteiger partial charge in [0.05, 0.1) is 18.3 Å². The summed E-state index contributed by atoms with van der Waals surface area (Å²) in [4.78, 5) is 12.2. The van der Waals surface area contributed by atoms with E-state index in [1.165, 1.54) is 0 Å². The molecule has 0 saturated carbocycles. The fraction of sp³-hybridized carbons (Fsp3) is 0.474. The molecule has 2 aliphatic heterocycles. The van der Waals surface area contributed by atoms with E-state index in [4.69, 9.17) is 21.3 Å². The van der Waals surface area contributed by atoms with Gasteiger partial charge in [-0.15, -0.1) is 0 Å². The van der Waals surface area contributed by atoms with Crippen molar-refractivity contribution in [2.75, 3.05) is 25.4 Å². The number of aromatic nitrogens is 2. The lowest BCUT2D eigenvalue weighted by Gasteiger charge is -2.24. The number of nitrogens with two attached hydrogens (primary N) is 2. The van der Waals surface area contributed by atoms with Crippen LogP contribution in [0, 0.1) is 0 Å². The van der Waals surface area contributed by atoms with Crippen LogP contribution >= 0.6 is 0 Å². The summed E-state index contributed by atoms with van der Waals surface area (Å²) >= 11 is 0. The zero-order valence-electron chi connectivity index (χ0n) is 14.8. The topological polar surface area (TPSA) is 108 Å². The van der Waals surface area contributed by atoms with E-state index in [0.29, 0.717) is 23.7 Å². The summed E-state index contributed by atoms with van der Waals surface area (Å²) in [6.45, 7) is 2.39. The van der Waals surface area contributed by atoms with Crippen molar-refractivity contribution in [2.24, 2.45) is 5.73 Å². The molecule has 2 aromatic rings. The summed E-state index contributed by atoms with van der Waals surface area (Å²) < 4.78 is 7.67. The van der Waals surface area contributed by atoms with E-state index >= 15 is 0 Å². The molecule has 0 radical (unpaired) electrons. The molecule has 2 aliphatic rings. The van der Waals surface area contributed by atoms with E-state index in [0.717, 1.165) is 50.1 Å². The van der Waals surface area contributed by atoms with Gasteiger partial charge in [-0.3, -0.25) is 4.79 Å². The Hall–Kier alpha value is -2.54. The summed E-state index contributed by atoms with van der Waals surface area (Å²) in [5.41, 5.74) is 14.2. The molecular formula is C19H25N5O2. The number of nitrogen functional groups attached to an aromatic ring is 1. The second kappa shape index (κ2) is 6.99. The van der Waals surface area contributed by atoms with Crippen LogP contribution in [0.4, 0.5) is 5.82 Å². The third-order valence-electron chi connectivity index (χ3n) is 5.39. The van der Waals surface area contributed by atoms with Crippen molar-refractivity contribution in [2.45, 2.75) is 37.6 Å². The number of nitrogens with one attached hydrogen (secondary N) is 1. The van der Waals surface area contributed by atoms with Gasteiger partial charge in [0.1, 0.15) is 17.1 Å². The molecule has 2 unspecified atom stereocenters. The van der Waals surface area contributed by atoms with E-state index in [2.05, 4.69) is 11.4 Å². The number of carbonyl (C=O) groups excluding carboxylic acids is 1. The van der Waals surface area contributed by atoms with Crippen molar-refractivity contribution in [3.05, 3.63) is 41.1 Å². The van der Waals surface area contributed by atoms with Gasteiger partial charge in [0.15, 0.2) is 0 Å². The van der Waals surface area contributed by atoms with Crippen LogP contribution in [0.2, 0.25) is 0 Å². The molecule has 5 N–H and O–H groups in total. The van der Waals surface area contributed by atoms with Gasteiger partial charge < -0.3 is 21.5 Å². The Balaban J connectivity index is 1.72. The number of ether oxygens (including phenoxy) is 1. The lowest BCUT2D eigenvalue weighted by molar-refractivity contribution is 0.0999. The minimum Gasteiger partial charge on any atom is -0.493 e. The molecule has 3 heterocycles. The Kier molecular flexibility index (Phi) is 4.55. The standard InChI is InChI=1S/C19H25N5O2/c20-18-16(19(21)25)17(23-24(18)14-5-3-8-22-11-14)13-7-9-26-15-6-2-1-4-12(15)10-13/h1-2,4,6,13-14,22H,3,5,7-11,20H2,(H2,21,25). The third-order valence-corrected chi connectivity index (χ3v) is 5.39. The van der Waals surface area contributed by atoms with Crippen molar-refractivity contribution in [1.82, 2.24) is 15.1 Å². The molecule has 0 aliphatic carbocycles. The van der Waals surface area contributed by atoms with Crippen LogP contribution in [-0.2, 0) is 6.42 Å². The number of piperidine rings is 1. The van der Waals surface area contributed by atoms with Crippen molar-refractivity contribution < 1.29 is 9.53 Å². The van der Waals surface area contributed by atoms with Gasteiger partial charge in [-0.05, 0) is 43.9 Å². The first-order valence-corrected chi connectivity index (χ1v) is 9.24. The fourth-order valence-corrected chi connectivity index (χ4v) is 4.05. The number of para-hydroxylation sites is 1. The predicted molar refractivity (Wildman–Crippen MR) is 99.3 cm³/mol. The average molecular weight is 355 g/mol. The Labute approximate surface area is 152 Å². The van der Waals surface area contributed by atoms with Crippen molar-refractivity contribution in [1.29, 1.82) is 0 Å². The van der Waals surface area contributed by atoms with E-state index < -0.39 is 5.91 Å². The Morgan fingerprint density at radius 3 is 2.92 bits per heavy atom. The first-order chi connectivity index (χ1) is 12.6. The number of hydrogen-bond acceptors (Lipinski definition) is 5. The lowest BCUT2D eigenvalue weighted by Crippen LogP contribution is -2.32. The van der Waals surface area contributed by atoms with Crippen LogP contribution in [0.1, 0.15) is 52.8 Å². The molecule has 1 aromatic heterocycles. The molecule has 1 aromatic carbocycles. The number of anilines is 1. The minimum atomic E-state index is -0.508. The summed E-state index contributed by atoms with van der Waals surface area (Å²) in [5.74, 6) is 0.839. The molecule has 1 amide bonds. The monoisotopic (exact) mass is 355 g/mol. The van der Waals surface area contributed by atoms with Gasteiger partial charge in [-0.1, -0.05) is 18.2 Å². The minimum absolute atomic E-state index is 0.0567. The number of benzene rings is 1. The molecule has 7 heteroatoms.